The standard InChI is InChI=1S/C10H7Cl2FO2/c11-9(12)6-8(13)10(14)15-7-4-2-1-3-5-7/h1-6,8H. The summed E-state index contributed by atoms with van der Waals surface area (Å²) in [6.07, 6.45) is -1.20. The van der Waals surface area contributed by atoms with Crippen molar-refractivity contribution >= 4 is 29.2 Å². The maximum Gasteiger partial charge on any atom is 0.350 e. The summed E-state index contributed by atoms with van der Waals surface area (Å²) >= 11 is 10.4. The number of para-hydroxylation sites is 1. The van der Waals surface area contributed by atoms with Crippen molar-refractivity contribution < 1.29 is 13.9 Å². The minimum absolute atomic E-state index is 0.268. The molecule has 5 heteroatoms. The van der Waals surface area contributed by atoms with Crippen LogP contribution in [-0.2, 0) is 4.79 Å². The fourth-order valence-corrected chi connectivity index (χ4v) is 1.06. The molecule has 0 radical (unpaired) electrons. The molecule has 0 saturated heterocycles. The Balaban J connectivity index is 2.60. The monoisotopic (exact) mass is 248 g/mol. The Labute approximate surface area is 96.2 Å². The molecule has 0 aliphatic rings. The molecule has 0 aromatic heterocycles. The van der Waals surface area contributed by atoms with Crippen molar-refractivity contribution in [2.24, 2.45) is 0 Å². The van der Waals surface area contributed by atoms with Gasteiger partial charge in [0, 0.05) is 0 Å². The fourth-order valence-electron chi connectivity index (χ4n) is 0.840. The molecule has 0 aliphatic carbocycles. The lowest BCUT2D eigenvalue weighted by molar-refractivity contribution is -0.138. The third kappa shape index (κ3) is 4.32. The Morgan fingerprint density at radius 3 is 2.47 bits per heavy atom. The minimum atomic E-state index is -1.96. The second-order valence-electron chi connectivity index (χ2n) is 2.59. The largest absolute Gasteiger partial charge is 0.424 e. The van der Waals surface area contributed by atoms with Gasteiger partial charge in [-0.2, -0.15) is 0 Å². The van der Waals surface area contributed by atoms with Crippen LogP contribution in [0.1, 0.15) is 0 Å². The molecule has 80 valence electrons. The predicted molar refractivity (Wildman–Crippen MR) is 56.8 cm³/mol. The molecule has 15 heavy (non-hydrogen) atoms. The van der Waals surface area contributed by atoms with Crippen LogP contribution < -0.4 is 4.74 Å². The van der Waals surface area contributed by atoms with E-state index in [0.717, 1.165) is 6.08 Å². The zero-order chi connectivity index (χ0) is 11.3. The van der Waals surface area contributed by atoms with Crippen LogP contribution >= 0.6 is 23.2 Å². The van der Waals surface area contributed by atoms with Gasteiger partial charge in [0.15, 0.2) is 0 Å². The molecule has 1 atom stereocenters. The second-order valence-corrected chi connectivity index (χ2v) is 3.60. The average molecular weight is 249 g/mol. The fraction of sp³-hybridized carbons (Fsp3) is 0.100. The highest BCUT2D eigenvalue weighted by atomic mass is 35.5. The van der Waals surface area contributed by atoms with Gasteiger partial charge in [-0.15, -0.1) is 0 Å². The summed E-state index contributed by atoms with van der Waals surface area (Å²) in [6.45, 7) is 0. The highest BCUT2D eigenvalue weighted by Crippen LogP contribution is 2.13. The van der Waals surface area contributed by atoms with E-state index in [9.17, 15) is 9.18 Å². The summed E-state index contributed by atoms with van der Waals surface area (Å²) in [7, 11) is 0. The molecule has 0 saturated carbocycles. The normalized spacial score (nSPS) is 11.7. The molecule has 1 unspecified atom stereocenters. The molecule has 1 aromatic carbocycles. The molecule has 0 fully saturated rings. The molecule has 0 aliphatic heterocycles. The van der Waals surface area contributed by atoms with Crippen LogP contribution in [0.2, 0.25) is 0 Å². The van der Waals surface area contributed by atoms with Gasteiger partial charge in [0.25, 0.3) is 0 Å². The van der Waals surface area contributed by atoms with E-state index in [0.29, 0.717) is 0 Å². The van der Waals surface area contributed by atoms with Crippen molar-refractivity contribution in [2.75, 3.05) is 0 Å². The maximum atomic E-state index is 13.0. The van der Waals surface area contributed by atoms with Gasteiger partial charge in [-0.3, -0.25) is 0 Å². The van der Waals surface area contributed by atoms with Crippen molar-refractivity contribution in [3.8, 4) is 5.75 Å². The topological polar surface area (TPSA) is 26.3 Å². The summed E-state index contributed by atoms with van der Waals surface area (Å²) < 4.78 is 17.4. The predicted octanol–water partition coefficient (Wildman–Crippen LogP) is 3.25. The van der Waals surface area contributed by atoms with Crippen molar-refractivity contribution in [1.82, 2.24) is 0 Å². The number of carbonyl (C=O) groups is 1. The van der Waals surface area contributed by atoms with Crippen LogP contribution in [0, 0.1) is 0 Å². The average Bonchev–Trinajstić information content (AvgIpc) is 2.18. The highest BCUT2D eigenvalue weighted by Gasteiger charge is 2.17. The third-order valence-corrected chi connectivity index (χ3v) is 1.71. The maximum absolute atomic E-state index is 13.0. The van der Waals surface area contributed by atoms with Gasteiger partial charge >= 0.3 is 5.97 Å². The zero-order valence-electron chi connectivity index (χ0n) is 7.49. The smallest absolute Gasteiger partial charge is 0.350 e. The summed E-state index contributed by atoms with van der Waals surface area (Å²) in [5.41, 5.74) is 0. The van der Waals surface area contributed by atoms with Crippen LogP contribution in [0.15, 0.2) is 40.9 Å². The molecule has 0 amide bonds. The number of hydrogen-bond donors (Lipinski definition) is 0. The minimum Gasteiger partial charge on any atom is -0.424 e. The Kier molecular flexibility index (Phi) is 4.59. The first-order valence-corrected chi connectivity index (χ1v) is 4.79. The van der Waals surface area contributed by atoms with Gasteiger partial charge in [0.2, 0.25) is 6.17 Å². The number of benzene rings is 1. The van der Waals surface area contributed by atoms with Crippen molar-refractivity contribution in [3.63, 3.8) is 0 Å². The van der Waals surface area contributed by atoms with Crippen LogP contribution in [-0.4, -0.2) is 12.1 Å². The number of halogens is 3. The molecule has 0 heterocycles. The lowest BCUT2D eigenvalue weighted by Crippen LogP contribution is -2.19. The first-order chi connectivity index (χ1) is 7.09. The van der Waals surface area contributed by atoms with E-state index in [1.165, 1.54) is 12.1 Å². The van der Waals surface area contributed by atoms with Gasteiger partial charge in [-0.25, -0.2) is 9.18 Å². The Morgan fingerprint density at radius 2 is 1.93 bits per heavy atom. The van der Waals surface area contributed by atoms with Crippen molar-refractivity contribution in [1.29, 1.82) is 0 Å². The third-order valence-electron chi connectivity index (χ3n) is 1.46. The van der Waals surface area contributed by atoms with Gasteiger partial charge in [0.05, 0.1) is 0 Å². The summed E-state index contributed by atoms with van der Waals surface area (Å²) in [5, 5.41) is 0. The molecule has 1 aromatic rings. The first-order valence-electron chi connectivity index (χ1n) is 4.03. The number of alkyl halides is 1. The number of rotatable bonds is 3. The van der Waals surface area contributed by atoms with E-state index in [2.05, 4.69) is 0 Å². The summed E-state index contributed by atoms with van der Waals surface area (Å²) in [5.74, 6) is -0.788. The number of esters is 1. The van der Waals surface area contributed by atoms with E-state index in [4.69, 9.17) is 27.9 Å². The Bertz CT molecular complexity index is 361. The van der Waals surface area contributed by atoms with Gasteiger partial charge in [0.1, 0.15) is 10.2 Å². The quantitative estimate of drug-likeness (QED) is 0.607. The number of carbonyl (C=O) groups excluding carboxylic acids is 1. The van der Waals surface area contributed by atoms with Crippen LogP contribution in [0.3, 0.4) is 0 Å². The van der Waals surface area contributed by atoms with E-state index in [-0.39, 0.29) is 10.2 Å². The number of ether oxygens (including phenoxy) is 1. The highest BCUT2D eigenvalue weighted by molar-refractivity contribution is 6.56. The van der Waals surface area contributed by atoms with E-state index in [1.54, 1.807) is 18.2 Å². The summed E-state index contributed by atoms with van der Waals surface area (Å²) in [6, 6.07) is 8.16. The van der Waals surface area contributed by atoms with E-state index in [1.807, 2.05) is 0 Å². The SMILES string of the molecule is O=C(Oc1ccccc1)C(F)C=C(Cl)Cl. The first kappa shape index (κ1) is 12.0. The van der Waals surface area contributed by atoms with Crippen molar-refractivity contribution in [3.05, 3.63) is 40.9 Å². The molecule has 1 rings (SSSR count). The lowest BCUT2D eigenvalue weighted by atomic mass is 10.3. The van der Waals surface area contributed by atoms with Crippen LogP contribution in [0.25, 0.3) is 0 Å². The van der Waals surface area contributed by atoms with Crippen molar-refractivity contribution in [2.45, 2.75) is 6.17 Å². The summed E-state index contributed by atoms with van der Waals surface area (Å²) in [4.78, 5) is 11.1. The zero-order valence-corrected chi connectivity index (χ0v) is 9.00. The molecule has 0 spiro atoms. The molecule has 0 bridgehead atoms. The van der Waals surface area contributed by atoms with Crippen LogP contribution in [0.5, 0.6) is 5.75 Å². The van der Waals surface area contributed by atoms with Crippen LogP contribution in [0.4, 0.5) is 4.39 Å². The number of hydrogen-bond acceptors (Lipinski definition) is 2. The Hall–Kier alpha value is -1.06. The van der Waals surface area contributed by atoms with E-state index >= 15 is 0 Å². The lowest BCUT2D eigenvalue weighted by Gasteiger charge is -2.04. The van der Waals surface area contributed by atoms with Gasteiger partial charge < -0.3 is 4.74 Å². The van der Waals surface area contributed by atoms with E-state index < -0.39 is 12.1 Å². The van der Waals surface area contributed by atoms with Gasteiger partial charge in [-0.05, 0) is 18.2 Å². The molecule has 2 nitrogen and oxygen atoms in total. The Morgan fingerprint density at radius 1 is 1.33 bits per heavy atom. The van der Waals surface area contributed by atoms with Gasteiger partial charge in [-0.1, -0.05) is 41.4 Å². The molecular weight excluding hydrogens is 242 g/mol. The molecule has 0 N–H and O–H groups in total. The molecular formula is C10H7Cl2FO2. The second kappa shape index (κ2) is 5.73.